The molecule has 1 aliphatic heterocycles. The zero-order chi connectivity index (χ0) is 21.7. The minimum Gasteiger partial charge on any atom is -0.497 e. The number of benzene rings is 2. The molecule has 8 nitrogen and oxygen atoms in total. The van der Waals surface area contributed by atoms with Crippen LogP contribution in [0.5, 0.6) is 17.2 Å². The lowest BCUT2D eigenvalue weighted by atomic mass is 10.1. The maximum atomic E-state index is 12.9. The number of nitrogens with zero attached hydrogens (tertiary/aromatic N) is 1. The Morgan fingerprint density at radius 2 is 1.67 bits per heavy atom. The van der Waals surface area contributed by atoms with Crippen molar-refractivity contribution in [3.8, 4) is 17.2 Å². The number of ether oxygens (including phenoxy) is 3. The lowest BCUT2D eigenvalue weighted by Gasteiger charge is -2.18. The van der Waals surface area contributed by atoms with Crippen LogP contribution in [-0.2, 0) is 16.6 Å². The molecule has 1 fully saturated rings. The van der Waals surface area contributed by atoms with Gasteiger partial charge in [0.05, 0.1) is 31.8 Å². The van der Waals surface area contributed by atoms with Crippen molar-refractivity contribution in [3.05, 3.63) is 47.5 Å². The fourth-order valence-corrected chi connectivity index (χ4v) is 4.40. The molecule has 1 N–H and O–H groups in total. The second-order valence-corrected chi connectivity index (χ2v) is 8.63. The van der Waals surface area contributed by atoms with Crippen LogP contribution in [0.1, 0.15) is 28.8 Å². The molecule has 0 unspecified atom stereocenters. The minimum absolute atomic E-state index is 0.00155. The second kappa shape index (κ2) is 9.36. The van der Waals surface area contributed by atoms with E-state index in [0.29, 0.717) is 35.9 Å². The van der Waals surface area contributed by atoms with Gasteiger partial charge in [-0.05, 0) is 37.1 Å². The van der Waals surface area contributed by atoms with Crippen molar-refractivity contribution >= 4 is 15.9 Å². The van der Waals surface area contributed by atoms with Gasteiger partial charge < -0.3 is 19.1 Å². The van der Waals surface area contributed by atoms with Crippen molar-refractivity contribution in [1.29, 1.82) is 0 Å². The highest BCUT2D eigenvalue weighted by Crippen LogP contribution is 2.27. The molecule has 1 amide bonds. The van der Waals surface area contributed by atoms with Crippen LogP contribution < -0.4 is 18.9 Å². The van der Waals surface area contributed by atoms with Crippen LogP contribution in [0, 0.1) is 0 Å². The van der Waals surface area contributed by atoms with Crippen LogP contribution in [0.15, 0.2) is 41.3 Å². The first-order chi connectivity index (χ1) is 14.4. The zero-order valence-corrected chi connectivity index (χ0v) is 18.1. The lowest BCUT2D eigenvalue weighted by molar-refractivity contribution is 0.0789. The van der Waals surface area contributed by atoms with Crippen LogP contribution in [0.25, 0.3) is 0 Å². The van der Waals surface area contributed by atoms with E-state index < -0.39 is 10.0 Å². The number of carbonyl (C=O) groups is 1. The van der Waals surface area contributed by atoms with Gasteiger partial charge >= 0.3 is 0 Å². The third-order valence-electron chi connectivity index (χ3n) is 5.05. The first kappa shape index (κ1) is 21.9. The maximum absolute atomic E-state index is 12.9. The van der Waals surface area contributed by atoms with Gasteiger partial charge in [0.2, 0.25) is 10.0 Å². The zero-order valence-electron chi connectivity index (χ0n) is 17.3. The first-order valence-corrected chi connectivity index (χ1v) is 11.1. The van der Waals surface area contributed by atoms with E-state index in [0.717, 1.165) is 12.8 Å². The number of nitrogens with one attached hydrogen (secondary N) is 1. The van der Waals surface area contributed by atoms with Crippen LogP contribution in [-0.4, -0.2) is 53.6 Å². The molecule has 1 aliphatic rings. The van der Waals surface area contributed by atoms with Gasteiger partial charge in [0.25, 0.3) is 5.91 Å². The summed E-state index contributed by atoms with van der Waals surface area (Å²) in [7, 11) is 0.640. The molecule has 162 valence electrons. The molecule has 2 aromatic carbocycles. The number of likely N-dealkylation sites (tertiary alicyclic amines) is 1. The maximum Gasteiger partial charge on any atom is 0.257 e. The monoisotopic (exact) mass is 434 g/mol. The predicted octanol–water partition coefficient (Wildman–Crippen LogP) is 2.43. The SMILES string of the molecule is COc1ccc(CNS(=O)(=O)c2ccc(OC)c(C(=O)N3CCCC3)c2)c(OC)c1. The number of hydrogen-bond acceptors (Lipinski definition) is 6. The predicted molar refractivity (Wildman–Crippen MR) is 112 cm³/mol. The number of methoxy groups -OCH3 is 3. The summed E-state index contributed by atoms with van der Waals surface area (Å²) in [5, 5.41) is 0. The second-order valence-electron chi connectivity index (χ2n) is 6.86. The molecule has 0 saturated carbocycles. The van der Waals surface area contributed by atoms with E-state index in [1.165, 1.54) is 32.4 Å². The average Bonchev–Trinajstić information content (AvgIpc) is 3.31. The third-order valence-corrected chi connectivity index (χ3v) is 6.45. The highest BCUT2D eigenvalue weighted by Gasteiger charge is 2.25. The van der Waals surface area contributed by atoms with Crippen LogP contribution in [0.2, 0.25) is 0 Å². The summed E-state index contributed by atoms with van der Waals surface area (Å²) in [6, 6.07) is 9.44. The summed E-state index contributed by atoms with van der Waals surface area (Å²) in [6.45, 7) is 1.35. The van der Waals surface area contributed by atoms with Crippen molar-refractivity contribution in [2.75, 3.05) is 34.4 Å². The topological polar surface area (TPSA) is 94.2 Å². The normalized spacial score (nSPS) is 13.9. The Morgan fingerprint density at radius 3 is 2.30 bits per heavy atom. The Kier molecular flexibility index (Phi) is 6.84. The number of carbonyl (C=O) groups excluding carboxylic acids is 1. The molecule has 3 rings (SSSR count). The number of hydrogen-bond donors (Lipinski definition) is 1. The van der Waals surface area contributed by atoms with Crippen molar-refractivity contribution in [2.24, 2.45) is 0 Å². The Bertz CT molecular complexity index is 1020. The van der Waals surface area contributed by atoms with E-state index in [1.807, 2.05) is 0 Å². The Morgan fingerprint density at radius 1 is 0.967 bits per heavy atom. The molecule has 2 aromatic rings. The summed E-state index contributed by atoms with van der Waals surface area (Å²) in [4.78, 5) is 14.5. The van der Waals surface area contributed by atoms with Gasteiger partial charge in [-0.3, -0.25) is 4.79 Å². The Balaban J connectivity index is 1.84. The Hall–Kier alpha value is -2.78. The lowest BCUT2D eigenvalue weighted by Crippen LogP contribution is -2.29. The number of amides is 1. The number of rotatable bonds is 8. The summed E-state index contributed by atoms with van der Waals surface area (Å²) in [6.07, 6.45) is 1.88. The quantitative estimate of drug-likeness (QED) is 0.686. The van der Waals surface area contributed by atoms with E-state index in [9.17, 15) is 13.2 Å². The highest BCUT2D eigenvalue weighted by atomic mass is 32.2. The van der Waals surface area contributed by atoms with Gasteiger partial charge in [0, 0.05) is 31.3 Å². The van der Waals surface area contributed by atoms with Crippen molar-refractivity contribution in [2.45, 2.75) is 24.3 Å². The van der Waals surface area contributed by atoms with Gasteiger partial charge in [0.1, 0.15) is 17.2 Å². The summed E-state index contributed by atoms with van der Waals surface area (Å²) in [5.41, 5.74) is 0.896. The van der Waals surface area contributed by atoms with E-state index in [-0.39, 0.29) is 22.9 Å². The molecule has 0 atom stereocenters. The average molecular weight is 435 g/mol. The molecule has 0 spiro atoms. The molecule has 0 bridgehead atoms. The fraction of sp³-hybridized carbons (Fsp3) is 0.381. The molecular weight excluding hydrogens is 408 g/mol. The van der Waals surface area contributed by atoms with E-state index >= 15 is 0 Å². The van der Waals surface area contributed by atoms with Gasteiger partial charge in [-0.15, -0.1) is 0 Å². The first-order valence-electron chi connectivity index (χ1n) is 9.57. The summed E-state index contributed by atoms with van der Waals surface area (Å²) in [5.74, 6) is 1.25. The number of sulfonamides is 1. The van der Waals surface area contributed by atoms with E-state index in [2.05, 4.69) is 4.72 Å². The molecular formula is C21H26N2O6S. The molecule has 1 heterocycles. The van der Waals surface area contributed by atoms with Crippen LogP contribution >= 0.6 is 0 Å². The molecule has 0 radical (unpaired) electrons. The largest absolute Gasteiger partial charge is 0.497 e. The van der Waals surface area contributed by atoms with E-state index in [1.54, 1.807) is 30.2 Å². The van der Waals surface area contributed by atoms with Crippen LogP contribution in [0.4, 0.5) is 0 Å². The third kappa shape index (κ3) is 4.68. The molecule has 0 aromatic heterocycles. The standard InChI is InChI=1S/C21H26N2O6S/c1-27-16-7-6-15(20(12-16)29-3)14-22-30(25,26)17-8-9-19(28-2)18(13-17)21(24)23-10-4-5-11-23/h6-9,12-13,22H,4-5,10-11,14H2,1-3H3. The Labute approximate surface area is 176 Å². The van der Waals surface area contributed by atoms with Crippen molar-refractivity contribution in [1.82, 2.24) is 9.62 Å². The molecule has 1 saturated heterocycles. The molecule has 9 heteroatoms. The summed E-state index contributed by atoms with van der Waals surface area (Å²) < 4.78 is 44.1. The van der Waals surface area contributed by atoms with Crippen molar-refractivity contribution in [3.63, 3.8) is 0 Å². The fourth-order valence-electron chi connectivity index (χ4n) is 3.37. The van der Waals surface area contributed by atoms with E-state index in [4.69, 9.17) is 14.2 Å². The van der Waals surface area contributed by atoms with Gasteiger partial charge in [-0.25, -0.2) is 13.1 Å². The summed E-state index contributed by atoms with van der Waals surface area (Å²) >= 11 is 0. The van der Waals surface area contributed by atoms with Gasteiger partial charge in [-0.2, -0.15) is 0 Å². The molecule has 30 heavy (non-hydrogen) atoms. The van der Waals surface area contributed by atoms with Gasteiger partial charge in [-0.1, -0.05) is 6.07 Å². The van der Waals surface area contributed by atoms with Gasteiger partial charge in [0.15, 0.2) is 0 Å². The molecule has 0 aliphatic carbocycles. The highest BCUT2D eigenvalue weighted by molar-refractivity contribution is 7.89. The smallest absolute Gasteiger partial charge is 0.257 e. The van der Waals surface area contributed by atoms with Crippen LogP contribution in [0.3, 0.4) is 0 Å². The minimum atomic E-state index is -3.87. The van der Waals surface area contributed by atoms with Crippen molar-refractivity contribution < 1.29 is 27.4 Å².